The molecule has 7 rings (SSSR count). The van der Waals surface area contributed by atoms with Gasteiger partial charge in [0.2, 0.25) is 5.88 Å². The number of hydrogen-bond donors (Lipinski definition) is 0. The molecule has 3 aromatic rings. The van der Waals surface area contributed by atoms with E-state index in [1.807, 2.05) is 0 Å². The van der Waals surface area contributed by atoms with E-state index in [9.17, 15) is 26.7 Å². The molecule has 1 spiro atoms. The summed E-state index contributed by atoms with van der Waals surface area (Å²) in [6.07, 6.45) is -1.81. The summed E-state index contributed by atoms with van der Waals surface area (Å²) in [5, 5.41) is 0. The van der Waals surface area contributed by atoms with Crippen LogP contribution >= 0.6 is 0 Å². The molecule has 182 valence electrons. The SMILES string of the molecule is O=c1nc(OCc2cc(F)c(Oc3ccc(C(F)(F)F)nc3)c(F)c2)cc2n1CC13CC(CN21)C3. The topological polar surface area (TPSA) is 69.5 Å². The zero-order chi connectivity index (χ0) is 24.5. The van der Waals surface area contributed by atoms with Gasteiger partial charge in [0.1, 0.15) is 23.9 Å². The van der Waals surface area contributed by atoms with E-state index in [-0.39, 0.29) is 29.3 Å². The summed E-state index contributed by atoms with van der Waals surface area (Å²) in [4.78, 5) is 21.8. The van der Waals surface area contributed by atoms with Gasteiger partial charge in [-0.2, -0.15) is 18.2 Å². The number of fused-ring (bicyclic) bond motifs is 1. The smallest absolute Gasteiger partial charge is 0.433 e. The normalized spacial score (nSPS) is 22.0. The van der Waals surface area contributed by atoms with Gasteiger partial charge in [-0.15, -0.1) is 0 Å². The number of alkyl halides is 3. The summed E-state index contributed by atoms with van der Waals surface area (Å²) in [5.41, 5.74) is -1.48. The molecule has 3 fully saturated rings. The molecule has 3 aliphatic heterocycles. The highest BCUT2D eigenvalue weighted by molar-refractivity contribution is 5.54. The van der Waals surface area contributed by atoms with Gasteiger partial charge in [-0.1, -0.05) is 0 Å². The number of pyridine rings is 1. The number of ether oxygens (including phenoxy) is 2. The highest BCUT2D eigenvalue weighted by Gasteiger charge is 2.60. The number of nitrogens with zero attached hydrogens (tertiary/aromatic N) is 4. The number of rotatable bonds is 5. The fourth-order valence-corrected chi connectivity index (χ4v) is 5.26. The fourth-order valence-electron chi connectivity index (χ4n) is 5.26. The van der Waals surface area contributed by atoms with Crippen molar-refractivity contribution in [1.29, 1.82) is 0 Å². The zero-order valence-corrected chi connectivity index (χ0v) is 18.0. The summed E-state index contributed by atoms with van der Waals surface area (Å²) in [7, 11) is 0. The molecule has 1 aliphatic carbocycles. The fraction of sp³-hybridized carbons (Fsp3) is 0.348. The van der Waals surface area contributed by atoms with Crippen molar-refractivity contribution in [1.82, 2.24) is 14.5 Å². The first kappa shape index (κ1) is 21.8. The van der Waals surface area contributed by atoms with E-state index in [0.717, 1.165) is 49.6 Å². The van der Waals surface area contributed by atoms with E-state index in [1.165, 1.54) is 0 Å². The van der Waals surface area contributed by atoms with Crippen molar-refractivity contribution in [3.8, 4) is 17.4 Å². The molecule has 2 saturated heterocycles. The molecule has 2 aromatic heterocycles. The third kappa shape index (κ3) is 3.58. The summed E-state index contributed by atoms with van der Waals surface area (Å²) in [6, 6.07) is 5.17. The van der Waals surface area contributed by atoms with Crippen molar-refractivity contribution in [2.24, 2.45) is 5.92 Å². The first-order valence-corrected chi connectivity index (χ1v) is 10.8. The second-order valence-electron chi connectivity index (χ2n) is 9.09. The number of anilines is 1. The number of halogens is 5. The zero-order valence-electron chi connectivity index (χ0n) is 18.0. The molecular weight excluding hydrogens is 475 g/mol. The van der Waals surface area contributed by atoms with Crippen LogP contribution in [0.15, 0.2) is 41.3 Å². The van der Waals surface area contributed by atoms with Crippen LogP contribution in [-0.4, -0.2) is 26.6 Å². The van der Waals surface area contributed by atoms with Crippen molar-refractivity contribution in [2.75, 3.05) is 11.4 Å². The second-order valence-corrected chi connectivity index (χ2v) is 9.09. The molecule has 1 saturated carbocycles. The Hall–Kier alpha value is -3.70. The van der Waals surface area contributed by atoms with Gasteiger partial charge in [0, 0.05) is 12.6 Å². The summed E-state index contributed by atoms with van der Waals surface area (Å²) in [5.74, 6) is -1.77. The van der Waals surface area contributed by atoms with Gasteiger partial charge < -0.3 is 14.4 Å². The molecule has 0 unspecified atom stereocenters. The van der Waals surface area contributed by atoms with Gasteiger partial charge in [-0.05, 0) is 48.6 Å². The third-order valence-electron chi connectivity index (χ3n) is 6.74. The Morgan fingerprint density at radius 3 is 2.51 bits per heavy atom. The molecule has 12 heteroatoms. The standard InChI is InChI=1S/C23H17F5N4O3/c24-15-3-12(4-16(25)20(15)35-14-1-2-17(29-8-14)23(26,27)28)10-34-18-5-19-31(21(33)30-18)11-22-6-13(7-22)9-32(19)22/h1-5,8,13H,6-7,9-11H2. The van der Waals surface area contributed by atoms with Crippen molar-refractivity contribution < 1.29 is 31.4 Å². The minimum absolute atomic E-state index is 0.00179. The Morgan fingerprint density at radius 2 is 1.86 bits per heavy atom. The minimum atomic E-state index is -4.65. The van der Waals surface area contributed by atoms with Crippen molar-refractivity contribution in [3.05, 3.63) is 69.9 Å². The summed E-state index contributed by atoms with van der Waals surface area (Å²) >= 11 is 0. The Morgan fingerprint density at radius 1 is 1.11 bits per heavy atom. The van der Waals surface area contributed by atoms with Crippen molar-refractivity contribution >= 4 is 5.82 Å². The number of benzene rings is 1. The average Bonchev–Trinajstić information content (AvgIpc) is 3.41. The molecule has 7 nitrogen and oxygen atoms in total. The Labute approximate surface area is 194 Å². The van der Waals surface area contributed by atoms with Crippen LogP contribution in [0.3, 0.4) is 0 Å². The lowest BCUT2D eigenvalue weighted by atomic mass is 9.74. The maximum absolute atomic E-state index is 14.5. The Bertz CT molecular complexity index is 1360. The highest BCUT2D eigenvalue weighted by atomic mass is 19.4. The molecule has 0 radical (unpaired) electrons. The lowest BCUT2D eigenvalue weighted by Crippen LogP contribution is -2.44. The number of hydrogen-bond acceptors (Lipinski definition) is 6. The van der Waals surface area contributed by atoms with E-state index in [0.29, 0.717) is 18.5 Å². The van der Waals surface area contributed by atoms with E-state index < -0.39 is 34.9 Å². The second kappa shape index (κ2) is 7.40. The molecule has 0 amide bonds. The van der Waals surface area contributed by atoms with Gasteiger partial charge >= 0.3 is 11.9 Å². The van der Waals surface area contributed by atoms with Crippen LogP contribution in [0.5, 0.6) is 17.4 Å². The van der Waals surface area contributed by atoms with Gasteiger partial charge in [-0.25, -0.2) is 18.6 Å². The first-order chi connectivity index (χ1) is 16.6. The lowest BCUT2D eigenvalue weighted by Gasteiger charge is -2.37. The predicted molar refractivity (Wildman–Crippen MR) is 111 cm³/mol. The quantitative estimate of drug-likeness (QED) is 0.495. The van der Waals surface area contributed by atoms with Gasteiger partial charge in [0.25, 0.3) is 0 Å². The van der Waals surface area contributed by atoms with Gasteiger partial charge in [-0.3, -0.25) is 4.57 Å². The number of aromatic nitrogens is 3. The Balaban J connectivity index is 1.17. The highest BCUT2D eigenvalue weighted by Crippen LogP contribution is 2.56. The van der Waals surface area contributed by atoms with Crippen LogP contribution in [0.4, 0.5) is 27.8 Å². The maximum atomic E-state index is 14.5. The molecule has 0 N–H and O–H groups in total. The molecular formula is C23H17F5N4O3. The molecule has 2 bridgehead atoms. The first-order valence-electron chi connectivity index (χ1n) is 10.8. The lowest BCUT2D eigenvalue weighted by molar-refractivity contribution is -0.141. The third-order valence-corrected chi connectivity index (χ3v) is 6.74. The molecule has 1 aromatic carbocycles. The molecule has 4 aliphatic rings. The van der Waals surface area contributed by atoms with Gasteiger partial charge in [0.15, 0.2) is 17.4 Å². The predicted octanol–water partition coefficient (Wildman–Crippen LogP) is 4.29. The van der Waals surface area contributed by atoms with E-state index in [1.54, 1.807) is 10.6 Å². The van der Waals surface area contributed by atoms with Crippen molar-refractivity contribution in [2.45, 2.75) is 37.7 Å². The van der Waals surface area contributed by atoms with Crippen LogP contribution in [0.2, 0.25) is 0 Å². The molecule has 5 heterocycles. The molecule has 35 heavy (non-hydrogen) atoms. The van der Waals surface area contributed by atoms with Crippen LogP contribution < -0.4 is 20.1 Å². The van der Waals surface area contributed by atoms with Crippen molar-refractivity contribution in [3.63, 3.8) is 0 Å². The van der Waals surface area contributed by atoms with E-state index in [4.69, 9.17) is 9.47 Å². The summed E-state index contributed by atoms with van der Waals surface area (Å²) in [6.45, 7) is 1.23. The van der Waals surface area contributed by atoms with Crippen LogP contribution in [-0.2, 0) is 19.3 Å². The van der Waals surface area contributed by atoms with E-state index >= 15 is 0 Å². The van der Waals surface area contributed by atoms with Crippen LogP contribution in [0, 0.1) is 17.6 Å². The van der Waals surface area contributed by atoms with Crippen LogP contribution in [0.25, 0.3) is 0 Å². The van der Waals surface area contributed by atoms with Gasteiger partial charge in [0.05, 0.1) is 18.3 Å². The van der Waals surface area contributed by atoms with E-state index in [2.05, 4.69) is 14.9 Å². The maximum Gasteiger partial charge on any atom is 0.433 e. The largest absolute Gasteiger partial charge is 0.473 e. The minimum Gasteiger partial charge on any atom is -0.473 e. The van der Waals surface area contributed by atoms with Crippen LogP contribution in [0.1, 0.15) is 24.1 Å². The summed E-state index contributed by atoms with van der Waals surface area (Å²) < 4.78 is 79.2. The molecule has 0 atom stereocenters. The Kier molecular flexibility index (Phi) is 4.61. The monoisotopic (exact) mass is 492 g/mol. The average molecular weight is 492 g/mol.